The van der Waals surface area contributed by atoms with E-state index in [0.717, 1.165) is 44.9 Å². The summed E-state index contributed by atoms with van der Waals surface area (Å²) in [6.07, 6.45) is 7.07. The Hall–Kier alpha value is -1.84. The van der Waals surface area contributed by atoms with Crippen LogP contribution >= 0.6 is 24.0 Å². The van der Waals surface area contributed by atoms with Crippen molar-refractivity contribution in [1.29, 1.82) is 0 Å². The lowest BCUT2D eigenvalue weighted by Gasteiger charge is -2.16. The maximum Gasteiger partial charge on any atom is 0.306 e. The number of rotatable bonds is 11. The number of hydrogen-bond donors (Lipinski definition) is 2. The van der Waals surface area contributed by atoms with E-state index < -0.39 is 0 Å². The number of esters is 1. The highest BCUT2D eigenvalue weighted by Gasteiger charge is 2.29. The molecule has 8 heteroatoms. The fourth-order valence-corrected chi connectivity index (χ4v) is 4.35. The van der Waals surface area contributed by atoms with E-state index in [0.29, 0.717) is 32.4 Å². The maximum atomic E-state index is 12.4. The molecule has 184 valence electrons. The molecular weight excluding hydrogens is 531 g/mol. The quantitative estimate of drug-likeness (QED) is 0.140. The van der Waals surface area contributed by atoms with E-state index in [4.69, 9.17) is 4.74 Å². The molecule has 33 heavy (non-hydrogen) atoms. The van der Waals surface area contributed by atoms with Crippen molar-refractivity contribution in [2.24, 2.45) is 10.9 Å². The molecular formula is C25H39IN4O3. The molecule has 1 saturated heterocycles. The molecule has 1 aliphatic carbocycles. The second-order valence-corrected chi connectivity index (χ2v) is 8.79. The number of ether oxygens (including phenoxy) is 1. The normalized spacial score (nSPS) is 18.8. The molecule has 2 N–H and O–H groups in total. The van der Waals surface area contributed by atoms with Gasteiger partial charge >= 0.3 is 5.97 Å². The summed E-state index contributed by atoms with van der Waals surface area (Å²) >= 11 is 0. The lowest BCUT2D eigenvalue weighted by atomic mass is 10.1. The van der Waals surface area contributed by atoms with Crippen LogP contribution in [0.25, 0.3) is 0 Å². The minimum atomic E-state index is -0.0966. The summed E-state index contributed by atoms with van der Waals surface area (Å²) in [5.41, 5.74) is 1.26. The van der Waals surface area contributed by atoms with Crippen LogP contribution in [0.15, 0.2) is 35.3 Å². The van der Waals surface area contributed by atoms with E-state index in [1.165, 1.54) is 18.4 Å². The first-order valence-electron chi connectivity index (χ1n) is 12.2. The van der Waals surface area contributed by atoms with E-state index in [-0.39, 0.29) is 47.9 Å². The van der Waals surface area contributed by atoms with Crippen molar-refractivity contribution in [2.75, 3.05) is 32.7 Å². The average Bonchev–Trinajstić information content (AvgIpc) is 3.43. The van der Waals surface area contributed by atoms with Crippen LogP contribution in [0.3, 0.4) is 0 Å². The van der Waals surface area contributed by atoms with Crippen LogP contribution in [0.4, 0.5) is 0 Å². The molecule has 0 spiro atoms. The largest absolute Gasteiger partial charge is 0.462 e. The van der Waals surface area contributed by atoms with E-state index >= 15 is 0 Å². The van der Waals surface area contributed by atoms with Gasteiger partial charge in [0.2, 0.25) is 5.91 Å². The topological polar surface area (TPSA) is 83.0 Å². The summed E-state index contributed by atoms with van der Waals surface area (Å²) in [5, 5.41) is 6.54. The fourth-order valence-electron chi connectivity index (χ4n) is 4.35. The van der Waals surface area contributed by atoms with Crippen LogP contribution in [0.1, 0.15) is 57.4 Å². The Morgan fingerprint density at radius 1 is 1.18 bits per heavy atom. The number of carbonyl (C=O) groups is 2. The monoisotopic (exact) mass is 570 g/mol. The first-order valence-corrected chi connectivity index (χ1v) is 12.2. The number of aliphatic imine (C=N–C) groups is 1. The summed E-state index contributed by atoms with van der Waals surface area (Å²) < 4.78 is 5.50. The molecule has 1 unspecified atom stereocenters. The zero-order valence-electron chi connectivity index (χ0n) is 19.8. The number of amides is 1. The van der Waals surface area contributed by atoms with Crippen molar-refractivity contribution in [1.82, 2.24) is 15.5 Å². The molecule has 7 nitrogen and oxygen atoms in total. The molecule has 0 aromatic heterocycles. The molecule has 2 fully saturated rings. The number of nitrogens with zero attached hydrogens (tertiary/aromatic N) is 2. The number of carbonyl (C=O) groups excluding carboxylic acids is 2. The van der Waals surface area contributed by atoms with Crippen molar-refractivity contribution < 1.29 is 14.3 Å². The standard InChI is InChI=1S/C25H38N4O3.HI/c1-2-26-25(27-15-8-13-24(31)32-22-11-6-7-12-22)28-18-21-17-23(30)29(19-21)16-14-20-9-4-3-5-10-20;/h3-5,9-10,21-22H,2,6-8,11-19H2,1H3,(H2,26,27,28);1H. The molecule has 1 aromatic carbocycles. The highest BCUT2D eigenvalue weighted by Crippen LogP contribution is 2.21. The third-order valence-electron chi connectivity index (χ3n) is 6.11. The first-order chi connectivity index (χ1) is 15.6. The Morgan fingerprint density at radius 2 is 1.94 bits per heavy atom. The summed E-state index contributed by atoms with van der Waals surface area (Å²) in [7, 11) is 0. The molecule has 1 atom stereocenters. The van der Waals surface area contributed by atoms with Crippen molar-refractivity contribution in [2.45, 2.75) is 64.4 Å². The van der Waals surface area contributed by atoms with Gasteiger partial charge in [0.1, 0.15) is 6.10 Å². The van der Waals surface area contributed by atoms with Gasteiger partial charge in [-0.1, -0.05) is 30.3 Å². The Labute approximate surface area is 215 Å². The second-order valence-electron chi connectivity index (χ2n) is 8.79. The van der Waals surface area contributed by atoms with Gasteiger partial charge in [0.05, 0.1) is 0 Å². The number of halogens is 1. The van der Waals surface area contributed by atoms with E-state index in [1.54, 1.807) is 0 Å². The van der Waals surface area contributed by atoms with Gasteiger partial charge in [-0.15, -0.1) is 24.0 Å². The Kier molecular flexibility index (Phi) is 12.6. The van der Waals surface area contributed by atoms with Gasteiger partial charge in [-0.25, -0.2) is 0 Å². The summed E-state index contributed by atoms with van der Waals surface area (Å²) in [4.78, 5) is 31.0. The van der Waals surface area contributed by atoms with Crippen molar-refractivity contribution >= 4 is 41.8 Å². The predicted molar refractivity (Wildman–Crippen MR) is 142 cm³/mol. The van der Waals surface area contributed by atoms with Crippen molar-refractivity contribution in [3.8, 4) is 0 Å². The van der Waals surface area contributed by atoms with Gasteiger partial charge in [-0.3, -0.25) is 14.6 Å². The summed E-state index contributed by atoms with van der Waals surface area (Å²) in [6.45, 7) is 5.61. The van der Waals surface area contributed by atoms with Crippen LogP contribution in [-0.4, -0.2) is 61.6 Å². The summed E-state index contributed by atoms with van der Waals surface area (Å²) in [6, 6.07) is 10.3. The molecule has 0 bridgehead atoms. The Balaban J connectivity index is 0.00000385. The van der Waals surface area contributed by atoms with Crippen LogP contribution in [0, 0.1) is 5.92 Å². The van der Waals surface area contributed by atoms with Crippen molar-refractivity contribution in [3.05, 3.63) is 35.9 Å². The molecule has 1 aromatic rings. The maximum absolute atomic E-state index is 12.4. The number of guanidine groups is 1. The van der Waals surface area contributed by atoms with Crippen LogP contribution < -0.4 is 10.6 Å². The Morgan fingerprint density at radius 3 is 2.67 bits per heavy atom. The van der Waals surface area contributed by atoms with Crippen molar-refractivity contribution in [3.63, 3.8) is 0 Å². The zero-order chi connectivity index (χ0) is 22.6. The summed E-state index contributed by atoms with van der Waals surface area (Å²) in [5.74, 6) is 1.11. The molecule has 1 saturated carbocycles. The molecule has 2 aliphatic rings. The second kappa shape index (κ2) is 15.1. The lowest BCUT2D eigenvalue weighted by molar-refractivity contribution is -0.148. The predicted octanol–water partition coefficient (Wildman–Crippen LogP) is 3.52. The molecule has 1 aliphatic heterocycles. The number of benzene rings is 1. The van der Waals surface area contributed by atoms with E-state index in [9.17, 15) is 9.59 Å². The number of nitrogens with one attached hydrogen (secondary N) is 2. The third-order valence-corrected chi connectivity index (χ3v) is 6.11. The van der Waals surface area contributed by atoms with E-state index in [1.807, 2.05) is 30.0 Å². The first kappa shape index (κ1) is 27.4. The SMILES string of the molecule is CCNC(=NCC1CC(=O)N(CCc2ccccc2)C1)NCCCC(=O)OC1CCCC1.I. The zero-order valence-corrected chi connectivity index (χ0v) is 22.1. The van der Waals surface area contributed by atoms with E-state index in [2.05, 4.69) is 27.8 Å². The molecule has 0 radical (unpaired) electrons. The fraction of sp³-hybridized carbons (Fsp3) is 0.640. The van der Waals surface area contributed by atoms with Crippen LogP contribution in [0.5, 0.6) is 0 Å². The van der Waals surface area contributed by atoms with Gasteiger partial charge in [0, 0.05) is 51.5 Å². The number of hydrogen-bond acceptors (Lipinski definition) is 4. The average molecular weight is 571 g/mol. The Bertz CT molecular complexity index is 753. The van der Waals surface area contributed by atoms with Crippen LogP contribution in [-0.2, 0) is 20.7 Å². The highest BCUT2D eigenvalue weighted by atomic mass is 127. The smallest absolute Gasteiger partial charge is 0.306 e. The van der Waals surface area contributed by atoms with Gasteiger partial charge in [-0.05, 0) is 51.0 Å². The van der Waals surface area contributed by atoms with Gasteiger partial charge in [-0.2, -0.15) is 0 Å². The minimum Gasteiger partial charge on any atom is -0.462 e. The van der Waals surface area contributed by atoms with Crippen LogP contribution in [0.2, 0.25) is 0 Å². The number of likely N-dealkylation sites (tertiary alicyclic amines) is 1. The van der Waals surface area contributed by atoms with Gasteiger partial charge in [0.15, 0.2) is 5.96 Å². The van der Waals surface area contributed by atoms with Gasteiger partial charge < -0.3 is 20.3 Å². The minimum absolute atomic E-state index is 0. The third kappa shape index (κ3) is 9.90. The van der Waals surface area contributed by atoms with Gasteiger partial charge in [0.25, 0.3) is 0 Å². The highest BCUT2D eigenvalue weighted by molar-refractivity contribution is 14.0. The molecule has 1 heterocycles. The molecule has 3 rings (SSSR count). The molecule has 1 amide bonds. The lowest BCUT2D eigenvalue weighted by Crippen LogP contribution is -2.38.